The largest absolute Gasteiger partial charge is 0.508 e. The SMILES string of the molecule is N[C@@H](c1cc(Cl)c(Cl)cc1O)C1CCN(C(=O)C2CNC2)CC1.O=C(O)C(F)(F)F. The molecule has 0 aliphatic carbocycles. The van der Waals surface area contributed by atoms with E-state index >= 15 is 0 Å². The Morgan fingerprint density at radius 1 is 1.17 bits per heavy atom. The lowest BCUT2D eigenvalue weighted by atomic mass is 9.85. The summed E-state index contributed by atoms with van der Waals surface area (Å²) < 4.78 is 31.7. The minimum absolute atomic E-state index is 0.0750. The van der Waals surface area contributed by atoms with Crippen LogP contribution in [0, 0.1) is 11.8 Å². The number of halogens is 5. The van der Waals surface area contributed by atoms with Crippen LogP contribution in [0.1, 0.15) is 24.4 Å². The summed E-state index contributed by atoms with van der Waals surface area (Å²) in [5.41, 5.74) is 6.95. The number of hydrogen-bond donors (Lipinski definition) is 4. The fraction of sp³-hybridized carbons (Fsp3) is 0.556. The minimum atomic E-state index is -5.08. The number of likely N-dealkylation sites (tertiary alicyclic amines) is 1. The van der Waals surface area contributed by atoms with Crippen molar-refractivity contribution in [1.29, 1.82) is 0 Å². The van der Waals surface area contributed by atoms with Crippen LogP contribution in [-0.4, -0.2) is 59.3 Å². The standard InChI is InChI=1S/C16H21Cl2N3O2.C2HF3O2/c17-12-5-11(14(22)6-13(12)18)15(19)9-1-3-21(4-2-9)16(23)10-7-20-8-10;3-2(4,5)1(6)7/h5-6,9-10,15,20,22H,1-4,7-8,19H2;(H,6,7)/t15-;/m1./s1. The Kier molecular flexibility index (Phi) is 8.20. The van der Waals surface area contributed by atoms with Gasteiger partial charge in [0.2, 0.25) is 5.91 Å². The van der Waals surface area contributed by atoms with E-state index in [1.54, 1.807) is 6.07 Å². The number of carboxylic acids is 1. The van der Waals surface area contributed by atoms with Gasteiger partial charge in [0.1, 0.15) is 5.75 Å². The molecule has 5 N–H and O–H groups in total. The molecule has 0 saturated carbocycles. The Bertz CT molecular complexity index is 783. The smallest absolute Gasteiger partial charge is 0.490 e. The first-order chi connectivity index (χ1) is 13.9. The highest BCUT2D eigenvalue weighted by Gasteiger charge is 2.38. The van der Waals surface area contributed by atoms with Crippen LogP contribution in [0.4, 0.5) is 13.2 Å². The zero-order chi connectivity index (χ0) is 22.6. The Labute approximate surface area is 180 Å². The number of alkyl halides is 3. The maximum atomic E-state index is 12.2. The van der Waals surface area contributed by atoms with E-state index in [-0.39, 0.29) is 29.5 Å². The number of hydrogen-bond acceptors (Lipinski definition) is 5. The molecular formula is C18H22Cl2F3N3O4. The Morgan fingerprint density at radius 3 is 2.10 bits per heavy atom. The third-order valence-corrected chi connectivity index (χ3v) is 5.88. The maximum Gasteiger partial charge on any atom is 0.490 e. The summed E-state index contributed by atoms with van der Waals surface area (Å²) in [5.74, 6) is -2.09. The van der Waals surface area contributed by atoms with Crippen LogP contribution in [0.25, 0.3) is 0 Å². The summed E-state index contributed by atoms with van der Waals surface area (Å²) in [7, 11) is 0. The molecule has 12 heteroatoms. The van der Waals surface area contributed by atoms with Crippen molar-refractivity contribution in [3.8, 4) is 5.75 Å². The van der Waals surface area contributed by atoms with Gasteiger partial charge in [-0.25, -0.2) is 4.79 Å². The van der Waals surface area contributed by atoms with Gasteiger partial charge in [0.05, 0.1) is 16.0 Å². The fourth-order valence-electron chi connectivity index (χ4n) is 3.27. The van der Waals surface area contributed by atoms with Crippen molar-refractivity contribution in [2.45, 2.75) is 25.1 Å². The third-order valence-electron chi connectivity index (χ3n) is 5.16. The van der Waals surface area contributed by atoms with E-state index in [2.05, 4.69) is 5.32 Å². The number of benzene rings is 1. The Hall–Kier alpha value is -1.75. The number of amides is 1. The number of carbonyl (C=O) groups excluding carboxylic acids is 1. The van der Waals surface area contributed by atoms with Crippen LogP contribution in [0.3, 0.4) is 0 Å². The van der Waals surface area contributed by atoms with Crippen molar-refractivity contribution in [3.63, 3.8) is 0 Å². The molecule has 0 unspecified atom stereocenters. The van der Waals surface area contributed by atoms with E-state index < -0.39 is 12.1 Å². The number of phenolic OH excluding ortho intramolecular Hbond substituents is 1. The lowest BCUT2D eigenvalue weighted by Gasteiger charge is -2.38. The first kappa shape index (κ1) is 24.5. The molecule has 1 aromatic carbocycles. The summed E-state index contributed by atoms with van der Waals surface area (Å²) in [5, 5.41) is 21.0. The number of carboxylic acid groups (broad SMARTS) is 1. The second kappa shape index (κ2) is 10.0. The molecular weight excluding hydrogens is 450 g/mol. The van der Waals surface area contributed by atoms with Gasteiger partial charge < -0.3 is 26.2 Å². The van der Waals surface area contributed by atoms with Gasteiger partial charge in [0, 0.05) is 43.9 Å². The molecule has 0 bridgehead atoms. The molecule has 7 nitrogen and oxygen atoms in total. The van der Waals surface area contributed by atoms with E-state index in [1.165, 1.54) is 6.07 Å². The minimum Gasteiger partial charge on any atom is -0.508 e. The van der Waals surface area contributed by atoms with Crippen LogP contribution < -0.4 is 11.1 Å². The monoisotopic (exact) mass is 471 g/mol. The molecule has 3 rings (SSSR count). The summed E-state index contributed by atoms with van der Waals surface area (Å²) in [6.45, 7) is 3.01. The van der Waals surface area contributed by atoms with E-state index in [0.29, 0.717) is 15.6 Å². The van der Waals surface area contributed by atoms with E-state index in [4.69, 9.17) is 38.8 Å². The fourth-order valence-corrected chi connectivity index (χ4v) is 3.60. The third kappa shape index (κ3) is 6.13. The average molecular weight is 472 g/mol. The van der Waals surface area contributed by atoms with Gasteiger partial charge in [-0.3, -0.25) is 4.79 Å². The molecule has 0 spiro atoms. The van der Waals surface area contributed by atoms with Gasteiger partial charge in [0.25, 0.3) is 0 Å². The number of nitrogens with zero attached hydrogens (tertiary/aromatic N) is 1. The molecule has 2 fully saturated rings. The predicted octanol–water partition coefficient (Wildman–Crippen LogP) is 2.79. The lowest BCUT2D eigenvalue weighted by molar-refractivity contribution is -0.192. The van der Waals surface area contributed by atoms with Crippen LogP contribution in [0.2, 0.25) is 10.0 Å². The molecule has 1 atom stereocenters. The molecule has 168 valence electrons. The number of carbonyl (C=O) groups is 2. The Morgan fingerprint density at radius 2 is 1.67 bits per heavy atom. The normalized spacial score (nSPS) is 18.8. The van der Waals surface area contributed by atoms with Crippen molar-refractivity contribution in [1.82, 2.24) is 10.2 Å². The molecule has 2 heterocycles. The number of piperidine rings is 1. The molecule has 2 aliphatic rings. The van der Waals surface area contributed by atoms with E-state index in [9.17, 15) is 23.1 Å². The molecule has 2 aliphatic heterocycles. The van der Waals surface area contributed by atoms with Crippen molar-refractivity contribution in [3.05, 3.63) is 27.7 Å². The van der Waals surface area contributed by atoms with Crippen molar-refractivity contribution in [2.75, 3.05) is 26.2 Å². The number of nitrogens with one attached hydrogen (secondary N) is 1. The first-order valence-corrected chi connectivity index (χ1v) is 9.90. The molecule has 1 aromatic rings. The van der Waals surface area contributed by atoms with Crippen molar-refractivity contribution < 1.29 is 33.0 Å². The van der Waals surface area contributed by atoms with Gasteiger partial charge >= 0.3 is 12.1 Å². The average Bonchev–Trinajstić information content (AvgIpc) is 2.62. The highest BCUT2D eigenvalue weighted by atomic mass is 35.5. The van der Waals surface area contributed by atoms with Crippen molar-refractivity contribution >= 4 is 35.1 Å². The number of phenols is 1. The van der Waals surface area contributed by atoms with Crippen LogP contribution in [-0.2, 0) is 9.59 Å². The molecule has 0 aromatic heterocycles. The van der Waals surface area contributed by atoms with Crippen LogP contribution >= 0.6 is 23.2 Å². The molecule has 2 saturated heterocycles. The molecule has 0 radical (unpaired) electrons. The van der Waals surface area contributed by atoms with Crippen LogP contribution in [0.15, 0.2) is 12.1 Å². The number of aromatic hydroxyl groups is 1. The summed E-state index contributed by atoms with van der Waals surface area (Å²) in [6.07, 6.45) is -3.43. The molecule has 1 amide bonds. The van der Waals surface area contributed by atoms with Crippen LogP contribution in [0.5, 0.6) is 5.75 Å². The first-order valence-electron chi connectivity index (χ1n) is 9.15. The van der Waals surface area contributed by atoms with Gasteiger partial charge in [-0.15, -0.1) is 0 Å². The number of aliphatic carboxylic acids is 1. The highest BCUT2D eigenvalue weighted by molar-refractivity contribution is 6.42. The number of nitrogens with two attached hydrogens (primary N) is 1. The lowest BCUT2D eigenvalue weighted by Crippen LogP contribution is -2.53. The van der Waals surface area contributed by atoms with E-state index in [0.717, 1.165) is 39.0 Å². The topological polar surface area (TPSA) is 116 Å². The second-order valence-electron chi connectivity index (χ2n) is 7.17. The summed E-state index contributed by atoms with van der Waals surface area (Å²) in [4.78, 5) is 23.1. The summed E-state index contributed by atoms with van der Waals surface area (Å²) >= 11 is 11.9. The molecule has 30 heavy (non-hydrogen) atoms. The predicted molar refractivity (Wildman–Crippen MR) is 104 cm³/mol. The quantitative estimate of drug-likeness (QED) is 0.538. The van der Waals surface area contributed by atoms with E-state index in [1.807, 2.05) is 4.90 Å². The van der Waals surface area contributed by atoms with Gasteiger partial charge in [-0.2, -0.15) is 13.2 Å². The summed E-state index contributed by atoms with van der Waals surface area (Å²) in [6, 6.07) is 2.76. The Balaban J connectivity index is 0.000000396. The zero-order valence-corrected chi connectivity index (χ0v) is 17.3. The number of rotatable bonds is 3. The zero-order valence-electron chi connectivity index (χ0n) is 15.8. The highest BCUT2D eigenvalue weighted by Crippen LogP contribution is 2.37. The van der Waals surface area contributed by atoms with Gasteiger partial charge in [-0.1, -0.05) is 23.2 Å². The maximum absolute atomic E-state index is 12.2. The van der Waals surface area contributed by atoms with Crippen molar-refractivity contribution in [2.24, 2.45) is 17.6 Å². The second-order valence-corrected chi connectivity index (χ2v) is 7.99. The van der Waals surface area contributed by atoms with Gasteiger partial charge in [-0.05, 0) is 24.8 Å². The van der Waals surface area contributed by atoms with Gasteiger partial charge in [0.15, 0.2) is 0 Å².